The van der Waals surface area contributed by atoms with Crippen LogP contribution in [0.3, 0.4) is 0 Å². The molecule has 0 fully saturated rings. The second-order valence-corrected chi connectivity index (χ2v) is 9.66. The fourth-order valence-electron chi connectivity index (χ4n) is 2.96. The summed E-state index contributed by atoms with van der Waals surface area (Å²) in [6.07, 6.45) is 0.0976. The standard InChI is InChI=1S/C18H11Br2F3N6OS/c1-7(12-14(25-3-2-24-12)16-26-6-11(20)31-16)27-15-9-4-8(18(21,22)23)5-10(19)13(9)28-17(30)29-15/h2-7H,1H3,(H2,27,28,29,30). The molecule has 4 aromatic rings. The summed E-state index contributed by atoms with van der Waals surface area (Å²) in [7, 11) is 0. The summed E-state index contributed by atoms with van der Waals surface area (Å²) in [5.41, 5.74) is -0.351. The van der Waals surface area contributed by atoms with Gasteiger partial charge in [0.25, 0.3) is 0 Å². The Bertz CT molecular complexity index is 1340. The number of halogens is 5. The van der Waals surface area contributed by atoms with Gasteiger partial charge in [-0.2, -0.15) is 18.2 Å². The molecule has 0 radical (unpaired) electrons. The number of nitrogens with zero attached hydrogens (tertiary/aromatic N) is 4. The van der Waals surface area contributed by atoms with Gasteiger partial charge in [0.15, 0.2) is 0 Å². The van der Waals surface area contributed by atoms with Crippen LogP contribution in [0.5, 0.6) is 0 Å². The lowest BCUT2D eigenvalue weighted by Gasteiger charge is -2.18. The highest BCUT2D eigenvalue weighted by Gasteiger charge is 2.32. The zero-order valence-corrected chi connectivity index (χ0v) is 19.4. The number of benzene rings is 1. The summed E-state index contributed by atoms with van der Waals surface area (Å²) in [5, 5.41) is 3.74. The molecule has 0 aliphatic carbocycles. The summed E-state index contributed by atoms with van der Waals surface area (Å²) >= 11 is 7.83. The number of anilines is 1. The quantitative estimate of drug-likeness (QED) is 0.331. The van der Waals surface area contributed by atoms with Crippen molar-refractivity contribution >= 4 is 59.9 Å². The smallest absolute Gasteiger partial charge is 0.361 e. The van der Waals surface area contributed by atoms with E-state index in [9.17, 15) is 18.0 Å². The minimum atomic E-state index is -4.56. The average molecular weight is 576 g/mol. The van der Waals surface area contributed by atoms with E-state index in [4.69, 9.17) is 0 Å². The van der Waals surface area contributed by atoms with Crippen molar-refractivity contribution in [1.29, 1.82) is 0 Å². The molecule has 1 atom stereocenters. The van der Waals surface area contributed by atoms with Crippen LogP contribution < -0.4 is 11.0 Å². The van der Waals surface area contributed by atoms with Gasteiger partial charge >= 0.3 is 11.9 Å². The highest BCUT2D eigenvalue weighted by molar-refractivity contribution is 9.11. The number of aromatic amines is 1. The monoisotopic (exact) mass is 574 g/mol. The average Bonchev–Trinajstić information content (AvgIpc) is 3.14. The highest BCUT2D eigenvalue weighted by Crippen LogP contribution is 2.37. The molecule has 2 N–H and O–H groups in total. The van der Waals surface area contributed by atoms with Crippen LogP contribution in [0.1, 0.15) is 24.2 Å². The molecule has 7 nitrogen and oxygen atoms in total. The molecule has 3 aromatic heterocycles. The summed E-state index contributed by atoms with van der Waals surface area (Å²) < 4.78 is 40.9. The van der Waals surface area contributed by atoms with Crippen LogP contribution >= 0.6 is 43.2 Å². The van der Waals surface area contributed by atoms with Crippen LogP contribution in [0.25, 0.3) is 21.6 Å². The molecule has 0 saturated carbocycles. The number of fused-ring (bicyclic) bond motifs is 1. The lowest BCUT2D eigenvalue weighted by molar-refractivity contribution is -0.137. The predicted octanol–water partition coefficient (Wildman–Crippen LogP) is 5.55. The summed E-state index contributed by atoms with van der Waals surface area (Å²) in [6, 6.07) is 1.30. The number of rotatable bonds is 4. The van der Waals surface area contributed by atoms with Crippen LogP contribution in [0.4, 0.5) is 19.0 Å². The third-order valence-corrected chi connectivity index (χ3v) is 6.40. The van der Waals surface area contributed by atoms with E-state index in [2.05, 4.69) is 62.1 Å². The van der Waals surface area contributed by atoms with Crippen molar-refractivity contribution in [3.63, 3.8) is 0 Å². The van der Waals surface area contributed by atoms with Gasteiger partial charge in [0, 0.05) is 22.3 Å². The van der Waals surface area contributed by atoms with Crippen molar-refractivity contribution in [2.24, 2.45) is 0 Å². The number of H-pyrrole nitrogens is 1. The summed E-state index contributed by atoms with van der Waals surface area (Å²) in [5.74, 6) is -0.00466. The molecular weight excluding hydrogens is 565 g/mol. The fourth-order valence-corrected chi connectivity index (χ4v) is 4.73. The number of alkyl halides is 3. The first kappa shape index (κ1) is 21.8. The maximum atomic E-state index is 13.3. The van der Waals surface area contributed by atoms with Gasteiger partial charge in [0.05, 0.1) is 32.8 Å². The minimum Gasteiger partial charge on any atom is -0.361 e. The maximum absolute atomic E-state index is 13.3. The molecule has 0 amide bonds. The molecule has 0 spiro atoms. The van der Waals surface area contributed by atoms with Gasteiger partial charge in [-0.3, -0.25) is 9.97 Å². The lowest BCUT2D eigenvalue weighted by atomic mass is 10.1. The molecule has 0 bridgehead atoms. The summed E-state index contributed by atoms with van der Waals surface area (Å²) in [4.78, 5) is 31.4. The minimum absolute atomic E-state index is 0.00466. The second kappa shape index (κ2) is 8.28. The van der Waals surface area contributed by atoms with Gasteiger partial charge in [0.2, 0.25) is 0 Å². The Morgan fingerprint density at radius 2 is 1.90 bits per heavy atom. The van der Waals surface area contributed by atoms with Gasteiger partial charge in [-0.15, -0.1) is 11.3 Å². The normalized spacial score (nSPS) is 12.8. The van der Waals surface area contributed by atoms with Crippen molar-refractivity contribution in [2.45, 2.75) is 19.1 Å². The Hall–Kier alpha value is -2.38. The first-order valence-electron chi connectivity index (χ1n) is 8.63. The molecule has 31 heavy (non-hydrogen) atoms. The molecule has 0 aliphatic rings. The van der Waals surface area contributed by atoms with Crippen LogP contribution in [0.2, 0.25) is 0 Å². The third-order valence-electron chi connectivity index (χ3n) is 4.29. The van der Waals surface area contributed by atoms with Gasteiger partial charge in [0.1, 0.15) is 16.5 Å². The lowest BCUT2D eigenvalue weighted by Crippen LogP contribution is -2.18. The molecule has 0 aliphatic heterocycles. The predicted molar refractivity (Wildman–Crippen MR) is 118 cm³/mol. The SMILES string of the molecule is CC(Nc1nc(=O)[nH]c2c(Br)cc(C(F)(F)F)cc12)c1nccnc1-c1ncc(Br)s1. The van der Waals surface area contributed by atoms with Gasteiger partial charge in [-0.1, -0.05) is 0 Å². The first-order chi connectivity index (χ1) is 14.6. The molecule has 1 aromatic carbocycles. The maximum Gasteiger partial charge on any atom is 0.416 e. The number of nitrogens with one attached hydrogen (secondary N) is 2. The van der Waals surface area contributed by atoms with Gasteiger partial charge in [-0.05, 0) is 50.9 Å². The molecule has 1 unspecified atom stereocenters. The number of thiazole rings is 1. The van der Waals surface area contributed by atoms with E-state index in [1.54, 1.807) is 13.1 Å². The third kappa shape index (κ3) is 4.48. The number of hydrogen-bond acceptors (Lipinski definition) is 7. The van der Waals surface area contributed by atoms with Crippen molar-refractivity contribution < 1.29 is 13.2 Å². The second-order valence-electron chi connectivity index (χ2n) is 6.39. The largest absolute Gasteiger partial charge is 0.416 e. The first-order valence-corrected chi connectivity index (χ1v) is 11.0. The van der Waals surface area contributed by atoms with Gasteiger partial charge < -0.3 is 10.3 Å². The molecular formula is C18H11Br2F3N6OS. The molecule has 3 heterocycles. The fraction of sp³-hybridized carbons (Fsp3) is 0.167. The van der Waals surface area contributed by atoms with E-state index in [-0.39, 0.29) is 21.2 Å². The zero-order valence-electron chi connectivity index (χ0n) is 15.5. The van der Waals surface area contributed by atoms with E-state index in [1.165, 1.54) is 23.7 Å². The van der Waals surface area contributed by atoms with Gasteiger partial charge in [-0.25, -0.2) is 9.78 Å². The van der Waals surface area contributed by atoms with Crippen LogP contribution in [0, 0.1) is 0 Å². The topological polar surface area (TPSA) is 96.5 Å². The van der Waals surface area contributed by atoms with E-state index >= 15 is 0 Å². The van der Waals surface area contributed by atoms with E-state index in [1.807, 2.05) is 0 Å². The van der Waals surface area contributed by atoms with Crippen molar-refractivity contribution in [3.05, 3.63) is 60.7 Å². The van der Waals surface area contributed by atoms with Crippen molar-refractivity contribution in [2.75, 3.05) is 5.32 Å². The summed E-state index contributed by atoms with van der Waals surface area (Å²) in [6.45, 7) is 1.74. The van der Waals surface area contributed by atoms with Crippen molar-refractivity contribution in [1.82, 2.24) is 24.9 Å². The Morgan fingerprint density at radius 1 is 1.16 bits per heavy atom. The van der Waals surface area contributed by atoms with Crippen molar-refractivity contribution in [3.8, 4) is 10.7 Å². The Morgan fingerprint density at radius 3 is 2.58 bits per heavy atom. The molecule has 0 saturated heterocycles. The van der Waals surface area contributed by atoms with E-state index < -0.39 is 23.5 Å². The van der Waals surface area contributed by atoms with Crippen LogP contribution in [0.15, 0.2) is 43.8 Å². The highest BCUT2D eigenvalue weighted by atomic mass is 79.9. The number of aromatic nitrogens is 5. The Labute approximate surface area is 193 Å². The Balaban J connectivity index is 1.81. The van der Waals surface area contributed by atoms with E-state index in [0.29, 0.717) is 16.4 Å². The Kier molecular flexibility index (Phi) is 5.83. The zero-order chi connectivity index (χ0) is 22.3. The molecule has 13 heteroatoms. The van der Waals surface area contributed by atoms with Crippen LogP contribution in [-0.4, -0.2) is 24.9 Å². The molecule has 160 valence electrons. The van der Waals surface area contributed by atoms with E-state index in [0.717, 1.165) is 15.9 Å². The molecule has 4 rings (SSSR count). The number of hydrogen-bond donors (Lipinski definition) is 2. The van der Waals surface area contributed by atoms with Crippen LogP contribution in [-0.2, 0) is 6.18 Å².